The zero-order valence-electron chi connectivity index (χ0n) is 12.4. The molecule has 22 heavy (non-hydrogen) atoms. The minimum absolute atomic E-state index is 0.0835. The van der Waals surface area contributed by atoms with Crippen molar-refractivity contribution in [2.75, 3.05) is 0 Å². The molecule has 1 saturated carbocycles. The van der Waals surface area contributed by atoms with Gasteiger partial charge in [0.2, 0.25) is 0 Å². The summed E-state index contributed by atoms with van der Waals surface area (Å²) in [5.74, 6) is 1.42. The molecule has 0 spiro atoms. The first-order valence-corrected chi connectivity index (χ1v) is 7.90. The summed E-state index contributed by atoms with van der Waals surface area (Å²) in [6, 6.07) is 13.6. The van der Waals surface area contributed by atoms with Gasteiger partial charge in [0, 0.05) is 12.0 Å². The average Bonchev–Trinajstić information content (AvgIpc) is 3.05. The lowest BCUT2D eigenvalue weighted by Gasteiger charge is -2.22. The second kappa shape index (κ2) is 5.48. The van der Waals surface area contributed by atoms with Crippen LogP contribution >= 0.6 is 0 Å². The van der Waals surface area contributed by atoms with Crippen LogP contribution in [0.3, 0.4) is 0 Å². The summed E-state index contributed by atoms with van der Waals surface area (Å²) in [6.45, 7) is 0. The van der Waals surface area contributed by atoms with E-state index in [4.69, 9.17) is 9.47 Å². The number of ether oxygens (including phenoxy) is 2. The van der Waals surface area contributed by atoms with Crippen LogP contribution in [-0.2, 0) is 11.2 Å². The van der Waals surface area contributed by atoms with Crippen LogP contribution in [0.1, 0.15) is 47.2 Å². The molecular weight excluding hydrogens is 276 g/mol. The minimum atomic E-state index is -0.216. The topological polar surface area (TPSA) is 35.5 Å². The Morgan fingerprint density at radius 3 is 2.64 bits per heavy atom. The SMILES string of the molecule is O=C(OC1CCCC1)c1cccc2c1Cc1ccccc1O2. The van der Waals surface area contributed by atoms with Gasteiger partial charge >= 0.3 is 5.97 Å². The van der Waals surface area contributed by atoms with E-state index >= 15 is 0 Å². The Hall–Kier alpha value is -2.29. The molecule has 0 amide bonds. The van der Waals surface area contributed by atoms with E-state index in [1.54, 1.807) is 0 Å². The van der Waals surface area contributed by atoms with Gasteiger partial charge in [0.15, 0.2) is 0 Å². The lowest BCUT2D eigenvalue weighted by molar-refractivity contribution is 0.0316. The molecule has 2 aliphatic rings. The maximum absolute atomic E-state index is 12.5. The molecule has 0 bridgehead atoms. The molecule has 0 radical (unpaired) electrons. The van der Waals surface area contributed by atoms with Crippen molar-refractivity contribution in [1.82, 2.24) is 0 Å². The summed E-state index contributed by atoms with van der Waals surface area (Å²) in [7, 11) is 0. The van der Waals surface area contributed by atoms with Gasteiger partial charge in [0.25, 0.3) is 0 Å². The second-order valence-corrected chi connectivity index (χ2v) is 5.98. The van der Waals surface area contributed by atoms with Crippen LogP contribution in [0.2, 0.25) is 0 Å². The summed E-state index contributed by atoms with van der Waals surface area (Å²) in [6.07, 6.45) is 5.07. The summed E-state index contributed by atoms with van der Waals surface area (Å²) in [5.41, 5.74) is 2.68. The van der Waals surface area contributed by atoms with E-state index in [9.17, 15) is 4.79 Å². The molecule has 3 heteroatoms. The molecule has 112 valence electrons. The summed E-state index contributed by atoms with van der Waals surface area (Å²) < 4.78 is 11.6. The Labute approximate surface area is 129 Å². The fourth-order valence-electron chi connectivity index (χ4n) is 3.31. The van der Waals surface area contributed by atoms with E-state index in [1.807, 2.05) is 42.5 Å². The second-order valence-electron chi connectivity index (χ2n) is 5.98. The van der Waals surface area contributed by atoms with Crippen molar-refractivity contribution in [3.63, 3.8) is 0 Å². The summed E-state index contributed by atoms with van der Waals surface area (Å²) in [5, 5.41) is 0. The normalized spacial score (nSPS) is 16.5. The third-order valence-electron chi connectivity index (χ3n) is 4.49. The third-order valence-corrected chi connectivity index (χ3v) is 4.49. The van der Waals surface area contributed by atoms with Crippen molar-refractivity contribution >= 4 is 5.97 Å². The van der Waals surface area contributed by atoms with Crippen LogP contribution in [0.4, 0.5) is 0 Å². The minimum Gasteiger partial charge on any atom is -0.459 e. The number of para-hydroxylation sites is 1. The quantitative estimate of drug-likeness (QED) is 0.654. The first-order valence-electron chi connectivity index (χ1n) is 7.90. The highest BCUT2D eigenvalue weighted by atomic mass is 16.5. The van der Waals surface area contributed by atoms with Crippen LogP contribution in [-0.4, -0.2) is 12.1 Å². The van der Waals surface area contributed by atoms with Crippen LogP contribution in [0, 0.1) is 0 Å². The fraction of sp³-hybridized carbons (Fsp3) is 0.316. The summed E-state index contributed by atoms with van der Waals surface area (Å²) in [4.78, 5) is 12.5. The predicted molar refractivity (Wildman–Crippen MR) is 83.4 cm³/mol. The van der Waals surface area contributed by atoms with Crippen molar-refractivity contribution in [3.8, 4) is 11.5 Å². The first-order chi connectivity index (χ1) is 10.8. The molecule has 1 aliphatic carbocycles. The van der Waals surface area contributed by atoms with E-state index in [0.717, 1.165) is 48.3 Å². The third kappa shape index (κ3) is 2.37. The van der Waals surface area contributed by atoms with Gasteiger partial charge in [-0.3, -0.25) is 0 Å². The molecule has 0 atom stereocenters. The smallest absolute Gasteiger partial charge is 0.338 e. The van der Waals surface area contributed by atoms with E-state index in [0.29, 0.717) is 12.0 Å². The zero-order valence-corrected chi connectivity index (χ0v) is 12.4. The molecule has 1 heterocycles. The van der Waals surface area contributed by atoms with Crippen molar-refractivity contribution in [1.29, 1.82) is 0 Å². The lowest BCUT2D eigenvalue weighted by Crippen LogP contribution is -2.17. The van der Waals surface area contributed by atoms with Crippen molar-refractivity contribution in [2.24, 2.45) is 0 Å². The van der Waals surface area contributed by atoms with Gasteiger partial charge < -0.3 is 9.47 Å². The number of rotatable bonds is 2. The van der Waals surface area contributed by atoms with Gasteiger partial charge in [-0.05, 0) is 49.4 Å². The molecule has 3 nitrogen and oxygen atoms in total. The number of hydrogen-bond donors (Lipinski definition) is 0. The molecule has 1 aliphatic heterocycles. The Kier molecular flexibility index (Phi) is 3.34. The van der Waals surface area contributed by atoms with Crippen LogP contribution in [0.25, 0.3) is 0 Å². The van der Waals surface area contributed by atoms with Crippen LogP contribution in [0.5, 0.6) is 11.5 Å². The van der Waals surface area contributed by atoms with Crippen molar-refractivity contribution < 1.29 is 14.3 Å². The molecule has 4 rings (SSSR count). The van der Waals surface area contributed by atoms with Gasteiger partial charge in [0.05, 0.1) is 5.56 Å². The highest BCUT2D eigenvalue weighted by Crippen LogP contribution is 2.38. The number of benzene rings is 2. The number of hydrogen-bond acceptors (Lipinski definition) is 3. The Morgan fingerprint density at radius 2 is 1.77 bits per heavy atom. The molecule has 2 aromatic rings. The molecule has 2 aromatic carbocycles. The fourth-order valence-corrected chi connectivity index (χ4v) is 3.31. The number of carbonyl (C=O) groups is 1. The number of carbonyl (C=O) groups excluding carboxylic acids is 1. The Balaban J connectivity index is 1.64. The molecule has 0 saturated heterocycles. The zero-order chi connectivity index (χ0) is 14.9. The predicted octanol–water partition coefficient (Wildman–Crippen LogP) is 4.48. The molecule has 1 fully saturated rings. The van der Waals surface area contributed by atoms with Crippen molar-refractivity contribution in [2.45, 2.75) is 38.2 Å². The highest BCUT2D eigenvalue weighted by molar-refractivity contribution is 5.92. The standard InChI is InChI=1S/C19H18O3/c20-19(21-14-7-2-3-8-14)15-9-5-11-18-16(15)12-13-6-1-4-10-17(13)22-18/h1,4-6,9-11,14H,2-3,7-8,12H2. The van der Waals surface area contributed by atoms with E-state index in [1.165, 1.54) is 0 Å². The average molecular weight is 294 g/mol. The first kappa shape index (κ1) is 13.4. The lowest BCUT2D eigenvalue weighted by atomic mass is 9.96. The molecule has 0 unspecified atom stereocenters. The van der Waals surface area contributed by atoms with Crippen LogP contribution < -0.4 is 4.74 Å². The largest absolute Gasteiger partial charge is 0.459 e. The molecule has 0 N–H and O–H groups in total. The van der Waals surface area contributed by atoms with Gasteiger partial charge in [-0.25, -0.2) is 4.79 Å². The van der Waals surface area contributed by atoms with Gasteiger partial charge in [-0.1, -0.05) is 24.3 Å². The summed E-state index contributed by atoms with van der Waals surface area (Å²) >= 11 is 0. The van der Waals surface area contributed by atoms with E-state index < -0.39 is 0 Å². The Bertz CT molecular complexity index is 714. The molecule has 0 aromatic heterocycles. The van der Waals surface area contributed by atoms with Gasteiger partial charge in [-0.15, -0.1) is 0 Å². The number of esters is 1. The van der Waals surface area contributed by atoms with E-state index in [-0.39, 0.29) is 12.1 Å². The van der Waals surface area contributed by atoms with Gasteiger partial charge in [-0.2, -0.15) is 0 Å². The molecular formula is C19H18O3. The van der Waals surface area contributed by atoms with Crippen LogP contribution in [0.15, 0.2) is 42.5 Å². The van der Waals surface area contributed by atoms with E-state index in [2.05, 4.69) is 0 Å². The monoisotopic (exact) mass is 294 g/mol. The van der Waals surface area contributed by atoms with Gasteiger partial charge in [0.1, 0.15) is 17.6 Å². The maximum atomic E-state index is 12.5. The van der Waals surface area contributed by atoms with Crippen molar-refractivity contribution in [3.05, 3.63) is 59.2 Å². The maximum Gasteiger partial charge on any atom is 0.338 e. The highest BCUT2D eigenvalue weighted by Gasteiger charge is 2.25. The Morgan fingerprint density at radius 1 is 1.00 bits per heavy atom. The number of fused-ring (bicyclic) bond motifs is 2.